The number of carbonyl (C=O) groups excluding carboxylic acids is 1. The van der Waals surface area contributed by atoms with E-state index in [1.807, 2.05) is 0 Å². The van der Waals surface area contributed by atoms with Crippen LogP contribution in [0.4, 0.5) is 4.39 Å². The van der Waals surface area contributed by atoms with Gasteiger partial charge in [0.15, 0.2) is 5.78 Å². The Morgan fingerprint density at radius 1 is 1.40 bits per heavy atom. The van der Waals surface area contributed by atoms with E-state index in [9.17, 15) is 14.3 Å². The van der Waals surface area contributed by atoms with Gasteiger partial charge in [0.2, 0.25) is 0 Å². The van der Waals surface area contributed by atoms with Crippen LogP contribution in [0.25, 0.3) is 0 Å². The lowest BCUT2D eigenvalue weighted by atomic mass is 10.0. The summed E-state index contributed by atoms with van der Waals surface area (Å²) in [5.74, 6) is 0.254. The van der Waals surface area contributed by atoms with E-state index < -0.39 is 0 Å². The Labute approximate surface area is 119 Å². The van der Waals surface area contributed by atoms with Crippen LogP contribution in [0, 0.1) is 11.7 Å². The second kappa shape index (κ2) is 6.95. The fourth-order valence-corrected chi connectivity index (χ4v) is 2.88. The van der Waals surface area contributed by atoms with Gasteiger partial charge >= 0.3 is 0 Å². The monoisotopic (exact) mass is 279 g/mol. The van der Waals surface area contributed by atoms with Crippen LogP contribution in [0.2, 0.25) is 0 Å². The summed E-state index contributed by atoms with van der Waals surface area (Å²) in [7, 11) is 0. The topological polar surface area (TPSA) is 40.5 Å². The lowest BCUT2D eigenvalue weighted by Crippen LogP contribution is -2.36. The summed E-state index contributed by atoms with van der Waals surface area (Å²) in [6.07, 6.45) is 2.35. The number of aliphatic hydroxyl groups is 1. The normalized spacial score (nSPS) is 23.1. The molecule has 0 bridgehead atoms. The Bertz CT molecular complexity index is 446. The molecule has 1 fully saturated rings. The van der Waals surface area contributed by atoms with Crippen LogP contribution in [-0.2, 0) is 0 Å². The fraction of sp³-hybridized carbons (Fsp3) is 0.562. The number of halogens is 1. The van der Waals surface area contributed by atoms with Gasteiger partial charge in [-0.2, -0.15) is 0 Å². The van der Waals surface area contributed by atoms with Gasteiger partial charge in [0.1, 0.15) is 5.82 Å². The molecule has 1 aromatic rings. The molecule has 20 heavy (non-hydrogen) atoms. The van der Waals surface area contributed by atoms with Crippen LogP contribution in [-0.4, -0.2) is 41.5 Å². The molecular formula is C16H22FNO2. The molecule has 4 heteroatoms. The molecule has 0 radical (unpaired) electrons. The highest BCUT2D eigenvalue weighted by Crippen LogP contribution is 2.23. The van der Waals surface area contributed by atoms with E-state index in [0.717, 1.165) is 25.9 Å². The van der Waals surface area contributed by atoms with Crippen molar-refractivity contribution in [3.8, 4) is 0 Å². The summed E-state index contributed by atoms with van der Waals surface area (Å²) in [6.45, 7) is 4.18. The van der Waals surface area contributed by atoms with Crippen LogP contribution in [0.1, 0.15) is 36.5 Å². The molecule has 1 aliphatic heterocycles. The number of ketones is 1. The van der Waals surface area contributed by atoms with Crippen molar-refractivity contribution in [1.29, 1.82) is 0 Å². The van der Waals surface area contributed by atoms with Gasteiger partial charge in [-0.05, 0) is 56.1 Å². The maximum Gasteiger partial charge on any atom is 0.162 e. The summed E-state index contributed by atoms with van der Waals surface area (Å²) < 4.78 is 12.8. The zero-order valence-corrected chi connectivity index (χ0v) is 11.9. The van der Waals surface area contributed by atoms with Gasteiger partial charge in [0.25, 0.3) is 0 Å². The summed E-state index contributed by atoms with van der Waals surface area (Å²) in [5.41, 5.74) is 0.569. The molecule has 0 saturated carbocycles. The average molecular weight is 279 g/mol. The van der Waals surface area contributed by atoms with Crippen molar-refractivity contribution in [1.82, 2.24) is 4.90 Å². The van der Waals surface area contributed by atoms with Crippen molar-refractivity contribution in [2.24, 2.45) is 5.92 Å². The molecule has 1 saturated heterocycles. The number of hydrogen-bond donors (Lipinski definition) is 1. The second-order valence-corrected chi connectivity index (χ2v) is 5.59. The van der Waals surface area contributed by atoms with Crippen LogP contribution in [0.15, 0.2) is 24.3 Å². The number of hydrogen-bond acceptors (Lipinski definition) is 3. The number of nitrogens with zero attached hydrogens (tertiary/aromatic N) is 1. The van der Waals surface area contributed by atoms with E-state index in [2.05, 4.69) is 11.8 Å². The summed E-state index contributed by atoms with van der Waals surface area (Å²) in [6, 6.07) is 5.93. The Balaban J connectivity index is 1.78. The zero-order valence-electron chi connectivity index (χ0n) is 11.9. The van der Waals surface area contributed by atoms with Crippen molar-refractivity contribution in [3.05, 3.63) is 35.6 Å². The van der Waals surface area contributed by atoms with E-state index >= 15 is 0 Å². The molecular weight excluding hydrogens is 257 g/mol. The molecule has 1 N–H and O–H groups in total. The summed E-state index contributed by atoms with van der Waals surface area (Å²) >= 11 is 0. The summed E-state index contributed by atoms with van der Waals surface area (Å²) in [4.78, 5) is 14.2. The molecule has 0 amide bonds. The number of carbonyl (C=O) groups is 1. The SMILES string of the molecule is CC1CCN(CCCC(=O)c2ccc(F)cc2)C1CO. The van der Waals surface area contributed by atoms with E-state index in [1.165, 1.54) is 24.3 Å². The van der Waals surface area contributed by atoms with Gasteiger partial charge in [-0.3, -0.25) is 9.69 Å². The summed E-state index contributed by atoms with van der Waals surface area (Å²) in [5, 5.41) is 9.38. The Kier molecular flexibility index (Phi) is 5.26. The highest BCUT2D eigenvalue weighted by atomic mass is 19.1. The molecule has 110 valence electrons. The molecule has 0 aromatic heterocycles. The third-order valence-corrected chi connectivity index (χ3v) is 4.20. The first-order valence-corrected chi connectivity index (χ1v) is 7.25. The minimum absolute atomic E-state index is 0.0535. The largest absolute Gasteiger partial charge is 0.395 e. The van der Waals surface area contributed by atoms with Crippen LogP contribution < -0.4 is 0 Å². The van der Waals surface area contributed by atoms with Gasteiger partial charge in [-0.15, -0.1) is 0 Å². The first-order chi connectivity index (χ1) is 9.61. The number of Topliss-reactive ketones (excluding diaryl/α,β-unsaturated/α-hetero) is 1. The molecule has 3 nitrogen and oxygen atoms in total. The van der Waals surface area contributed by atoms with Gasteiger partial charge in [0, 0.05) is 18.0 Å². The van der Waals surface area contributed by atoms with Crippen molar-refractivity contribution < 1.29 is 14.3 Å². The van der Waals surface area contributed by atoms with Gasteiger partial charge < -0.3 is 5.11 Å². The highest BCUT2D eigenvalue weighted by Gasteiger charge is 2.29. The number of benzene rings is 1. The fourth-order valence-electron chi connectivity index (χ4n) is 2.88. The Morgan fingerprint density at radius 2 is 2.10 bits per heavy atom. The van der Waals surface area contributed by atoms with Crippen LogP contribution in [0.3, 0.4) is 0 Å². The maximum atomic E-state index is 12.8. The molecule has 0 aliphatic carbocycles. The van der Waals surface area contributed by atoms with E-state index in [4.69, 9.17) is 0 Å². The van der Waals surface area contributed by atoms with Crippen molar-refractivity contribution in [2.75, 3.05) is 19.7 Å². The number of likely N-dealkylation sites (tertiary alicyclic amines) is 1. The van der Waals surface area contributed by atoms with Gasteiger partial charge in [-0.25, -0.2) is 4.39 Å². The predicted molar refractivity (Wildman–Crippen MR) is 76.2 cm³/mol. The Hall–Kier alpha value is -1.26. The minimum atomic E-state index is -0.321. The van der Waals surface area contributed by atoms with Crippen LogP contribution >= 0.6 is 0 Å². The van der Waals surface area contributed by atoms with Gasteiger partial charge in [-0.1, -0.05) is 6.92 Å². The first kappa shape index (κ1) is 15.1. The smallest absolute Gasteiger partial charge is 0.162 e. The number of rotatable bonds is 6. The third-order valence-electron chi connectivity index (χ3n) is 4.20. The van der Waals surface area contributed by atoms with Gasteiger partial charge in [0.05, 0.1) is 6.61 Å². The third kappa shape index (κ3) is 3.64. The second-order valence-electron chi connectivity index (χ2n) is 5.59. The Morgan fingerprint density at radius 3 is 2.75 bits per heavy atom. The molecule has 2 rings (SSSR count). The molecule has 2 atom stereocenters. The first-order valence-electron chi connectivity index (χ1n) is 7.25. The molecule has 1 aromatic carbocycles. The zero-order chi connectivity index (χ0) is 14.5. The van der Waals surface area contributed by atoms with E-state index in [1.54, 1.807) is 0 Å². The quantitative estimate of drug-likeness (QED) is 0.813. The number of aliphatic hydroxyl groups excluding tert-OH is 1. The lowest BCUT2D eigenvalue weighted by Gasteiger charge is -2.24. The lowest BCUT2D eigenvalue weighted by molar-refractivity contribution is 0.0965. The highest BCUT2D eigenvalue weighted by molar-refractivity contribution is 5.95. The molecule has 1 aliphatic rings. The molecule has 0 spiro atoms. The maximum absolute atomic E-state index is 12.8. The standard InChI is InChI=1S/C16H22FNO2/c1-12-8-10-18(15(12)11-19)9-2-3-16(20)13-4-6-14(17)7-5-13/h4-7,12,15,19H,2-3,8-11H2,1H3. The predicted octanol–water partition coefficient (Wildman–Crippen LogP) is 2.49. The van der Waals surface area contributed by atoms with Crippen LogP contribution in [0.5, 0.6) is 0 Å². The minimum Gasteiger partial charge on any atom is -0.395 e. The van der Waals surface area contributed by atoms with Crippen molar-refractivity contribution >= 4 is 5.78 Å². The average Bonchev–Trinajstić information content (AvgIpc) is 2.80. The molecule has 2 unspecified atom stereocenters. The molecule has 1 heterocycles. The van der Waals surface area contributed by atoms with Crippen molar-refractivity contribution in [2.45, 2.75) is 32.2 Å². The van der Waals surface area contributed by atoms with E-state index in [-0.39, 0.29) is 24.2 Å². The van der Waals surface area contributed by atoms with E-state index in [0.29, 0.717) is 17.9 Å². The van der Waals surface area contributed by atoms with Crippen molar-refractivity contribution in [3.63, 3.8) is 0 Å².